The Labute approximate surface area is 213 Å². The quantitative estimate of drug-likeness (QED) is 0.495. The monoisotopic (exact) mass is 504 g/mol. The van der Waals surface area contributed by atoms with Gasteiger partial charge in [0.25, 0.3) is 5.91 Å². The molecule has 0 bridgehead atoms. The van der Waals surface area contributed by atoms with Crippen molar-refractivity contribution in [3.05, 3.63) is 105 Å². The SMILES string of the molecule is CN(C)C(=O)c1cccc(C2=CC(=O)C[C@@H](c3cccc(Cl)c3)[C@]23C(=O)Nc2cc(Cl)ccc23)c1. The molecular weight excluding hydrogens is 483 g/mol. The first-order valence-electron chi connectivity index (χ1n) is 11.2. The second kappa shape index (κ2) is 8.67. The number of ketones is 1. The summed E-state index contributed by atoms with van der Waals surface area (Å²) in [6.45, 7) is 0. The van der Waals surface area contributed by atoms with Gasteiger partial charge in [-0.25, -0.2) is 0 Å². The van der Waals surface area contributed by atoms with Crippen LogP contribution in [0.15, 0.2) is 72.8 Å². The molecule has 0 fully saturated rings. The lowest BCUT2D eigenvalue weighted by atomic mass is 9.58. The first kappa shape index (κ1) is 23.3. The first-order valence-corrected chi connectivity index (χ1v) is 11.9. The second-order valence-electron chi connectivity index (χ2n) is 9.07. The molecule has 1 heterocycles. The van der Waals surface area contributed by atoms with E-state index in [9.17, 15) is 14.4 Å². The number of halogens is 2. The number of carbonyl (C=O) groups excluding carboxylic acids is 3. The molecule has 5 nitrogen and oxygen atoms in total. The molecule has 3 aromatic rings. The Hall–Kier alpha value is -3.41. The van der Waals surface area contributed by atoms with Crippen LogP contribution in [0.1, 0.15) is 39.4 Å². The zero-order valence-electron chi connectivity index (χ0n) is 19.1. The van der Waals surface area contributed by atoms with Crippen LogP contribution in [0.4, 0.5) is 5.69 Å². The number of hydrogen-bond acceptors (Lipinski definition) is 3. The number of rotatable bonds is 3. The Morgan fingerprint density at radius 2 is 1.71 bits per heavy atom. The molecule has 2 aliphatic rings. The molecule has 7 heteroatoms. The Balaban J connectivity index is 1.80. The van der Waals surface area contributed by atoms with Gasteiger partial charge < -0.3 is 10.2 Å². The number of benzene rings is 3. The van der Waals surface area contributed by atoms with Crippen LogP contribution < -0.4 is 5.32 Å². The van der Waals surface area contributed by atoms with E-state index in [1.54, 1.807) is 62.6 Å². The topological polar surface area (TPSA) is 66.5 Å². The van der Waals surface area contributed by atoms with Gasteiger partial charge in [0.2, 0.25) is 5.91 Å². The number of anilines is 1. The Kier molecular flexibility index (Phi) is 5.78. The minimum atomic E-state index is -1.21. The number of hydrogen-bond donors (Lipinski definition) is 1. The molecule has 3 aromatic carbocycles. The van der Waals surface area contributed by atoms with Gasteiger partial charge in [0, 0.05) is 47.7 Å². The maximum atomic E-state index is 14.0. The molecule has 0 aromatic heterocycles. The Bertz CT molecular complexity index is 1430. The van der Waals surface area contributed by atoms with Crippen LogP contribution in [-0.4, -0.2) is 36.6 Å². The van der Waals surface area contributed by atoms with Gasteiger partial charge in [0.1, 0.15) is 5.41 Å². The molecule has 1 N–H and O–H groups in total. The molecule has 2 amide bonds. The molecule has 1 aliphatic carbocycles. The van der Waals surface area contributed by atoms with Crippen LogP contribution in [0.25, 0.3) is 5.57 Å². The highest BCUT2D eigenvalue weighted by Gasteiger charge is 2.57. The maximum Gasteiger partial charge on any atom is 0.253 e. The number of carbonyl (C=O) groups is 3. The molecule has 0 saturated heterocycles. The molecule has 35 heavy (non-hydrogen) atoms. The fourth-order valence-electron chi connectivity index (χ4n) is 5.28. The van der Waals surface area contributed by atoms with E-state index < -0.39 is 11.3 Å². The summed E-state index contributed by atoms with van der Waals surface area (Å²) in [6, 6.07) is 19.6. The van der Waals surface area contributed by atoms with Crippen LogP contribution >= 0.6 is 23.2 Å². The van der Waals surface area contributed by atoms with E-state index in [1.165, 1.54) is 4.90 Å². The average Bonchev–Trinajstić information content (AvgIpc) is 3.11. The summed E-state index contributed by atoms with van der Waals surface area (Å²) in [5.74, 6) is -1.03. The molecule has 0 unspecified atom stereocenters. The summed E-state index contributed by atoms with van der Waals surface area (Å²) < 4.78 is 0. The van der Waals surface area contributed by atoms with Crippen molar-refractivity contribution < 1.29 is 14.4 Å². The summed E-state index contributed by atoms with van der Waals surface area (Å²) in [5, 5.41) is 4.02. The van der Waals surface area contributed by atoms with Gasteiger partial charge in [0.15, 0.2) is 5.78 Å². The molecule has 1 aliphatic heterocycles. The van der Waals surface area contributed by atoms with Gasteiger partial charge in [-0.1, -0.05) is 53.5 Å². The van der Waals surface area contributed by atoms with E-state index in [2.05, 4.69) is 5.32 Å². The van der Waals surface area contributed by atoms with Crippen molar-refractivity contribution in [2.75, 3.05) is 19.4 Å². The Morgan fingerprint density at radius 1 is 0.971 bits per heavy atom. The molecule has 5 rings (SSSR count). The van der Waals surface area contributed by atoms with Crippen molar-refractivity contribution in [1.29, 1.82) is 0 Å². The average molecular weight is 505 g/mol. The fraction of sp³-hybridized carbons (Fsp3) is 0.179. The standard InChI is InChI=1S/C28H22Cl2N2O3/c1-32(2)26(34)18-7-3-5-16(11-18)23-14-21(33)15-24(17-6-4-8-19(29)12-17)28(23)22-10-9-20(30)13-25(22)31-27(28)35/h3-14,24H,15H2,1-2H3,(H,31,35)/t24-,28+/m0/s1. The van der Waals surface area contributed by atoms with Crippen molar-refractivity contribution in [1.82, 2.24) is 4.90 Å². The van der Waals surface area contributed by atoms with Gasteiger partial charge in [-0.2, -0.15) is 0 Å². The predicted octanol–water partition coefficient (Wildman–Crippen LogP) is 5.73. The molecule has 2 atom stereocenters. The second-order valence-corrected chi connectivity index (χ2v) is 9.94. The summed E-state index contributed by atoms with van der Waals surface area (Å²) in [6.07, 6.45) is 1.68. The molecule has 0 saturated carbocycles. The number of nitrogens with zero attached hydrogens (tertiary/aromatic N) is 1. The number of fused-ring (bicyclic) bond motifs is 2. The van der Waals surface area contributed by atoms with Gasteiger partial charge >= 0.3 is 0 Å². The fourth-order valence-corrected chi connectivity index (χ4v) is 5.65. The van der Waals surface area contributed by atoms with Gasteiger partial charge in [-0.05, 0) is 64.7 Å². The van der Waals surface area contributed by atoms with Crippen molar-refractivity contribution >= 4 is 52.1 Å². The highest BCUT2D eigenvalue weighted by atomic mass is 35.5. The largest absolute Gasteiger partial charge is 0.345 e. The van der Waals surface area contributed by atoms with Crippen LogP contribution in [-0.2, 0) is 15.0 Å². The number of allylic oxidation sites excluding steroid dienone is 1. The van der Waals surface area contributed by atoms with Crippen molar-refractivity contribution in [3.63, 3.8) is 0 Å². The lowest BCUT2D eigenvalue weighted by Crippen LogP contribution is -2.45. The minimum Gasteiger partial charge on any atom is -0.345 e. The zero-order valence-corrected chi connectivity index (χ0v) is 20.7. The summed E-state index contributed by atoms with van der Waals surface area (Å²) in [4.78, 5) is 41.3. The zero-order chi connectivity index (χ0) is 24.9. The molecule has 1 spiro atoms. The molecule has 176 valence electrons. The van der Waals surface area contributed by atoms with Crippen LogP contribution in [0, 0.1) is 0 Å². The normalized spacial score (nSPS) is 20.9. The smallest absolute Gasteiger partial charge is 0.253 e. The molecular formula is C28H22Cl2N2O3. The van der Waals surface area contributed by atoms with Crippen LogP contribution in [0.2, 0.25) is 10.0 Å². The highest BCUT2D eigenvalue weighted by molar-refractivity contribution is 6.31. The first-order chi connectivity index (χ1) is 16.7. The van der Waals surface area contributed by atoms with Gasteiger partial charge in [0.05, 0.1) is 0 Å². The van der Waals surface area contributed by atoms with E-state index in [1.807, 2.05) is 24.3 Å². The summed E-state index contributed by atoms with van der Waals surface area (Å²) in [7, 11) is 3.36. The predicted molar refractivity (Wildman–Crippen MR) is 138 cm³/mol. The lowest BCUT2D eigenvalue weighted by molar-refractivity contribution is -0.121. The minimum absolute atomic E-state index is 0.102. The molecule has 0 radical (unpaired) electrons. The van der Waals surface area contributed by atoms with E-state index in [0.29, 0.717) is 32.4 Å². The lowest BCUT2D eigenvalue weighted by Gasteiger charge is -2.41. The van der Waals surface area contributed by atoms with E-state index in [0.717, 1.165) is 11.1 Å². The Morgan fingerprint density at radius 3 is 2.46 bits per heavy atom. The van der Waals surface area contributed by atoms with E-state index in [-0.39, 0.29) is 24.0 Å². The van der Waals surface area contributed by atoms with Crippen LogP contribution in [0.3, 0.4) is 0 Å². The van der Waals surface area contributed by atoms with Crippen LogP contribution in [0.5, 0.6) is 0 Å². The van der Waals surface area contributed by atoms with Gasteiger partial charge in [-0.15, -0.1) is 0 Å². The van der Waals surface area contributed by atoms with Crippen molar-refractivity contribution in [2.45, 2.75) is 17.8 Å². The van der Waals surface area contributed by atoms with Gasteiger partial charge in [-0.3, -0.25) is 14.4 Å². The number of nitrogens with one attached hydrogen (secondary N) is 1. The third-order valence-electron chi connectivity index (χ3n) is 6.75. The third kappa shape index (κ3) is 3.76. The van der Waals surface area contributed by atoms with E-state index >= 15 is 0 Å². The number of amides is 2. The maximum absolute atomic E-state index is 14.0. The third-order valence-corrected chi connectivity index (χ3v) is 7.22. The summed E-state index contributed by atoms with van der Waals surface area (Å²) >= 11 is 12.6. The van der Waals surface area contributed by atoms with Crippen molar-refractivity contribution in [2.24, 2.45) is 0 Å². The van der Waals surface area contributed by atoms with E-state index in [4.69, 9.17) is 23.2 Å². The van der Waals surface area contributed by atoms with Crippen molar-refractivity contribution in [3.8, 4) is 0 Å². The highest BCUT2D eigenvalue weighted by Crippen LogP contribution is 2.58. The summed E-state index contributed by atoms with van der Waals surface area (Å²) in [5.41, 5.74) is 2.57.